The average Bonchev–Trinajstić information content (AvgIpc) is 1.93. The minimum Gasteiger partial charge on any atom is -0.778 e. The molecule has 1 rings (SSSR count). The van der Waals surface area contributed by atoms with Crippen molar-refractivity contribution in [1.29, 1.82) is 0 Å². The van der Waals surface area contributed by atoms with Crippen LogP contribution in [0.3, 0.4) is 0 Å². The van der Waals surface area contributed by atoms with Crippen molar-refractivity contribution in [1.82, 2.24) is 0 Å². The molecule has 1 aromatic carbocycles. The average molecular weight is 202 g/mol. The van der Waals surface area contributed by atoms with Gasteiger partial charge in [0.15, 0.2) is 0 Å². The van der Waals surface area contributed by atoms with Gasteiger partial charge >= 0.3 is 29.6 Å². The van der Waals surface area contributed by atoms with Crippen molar-refractivity contribution < 1.29 is 30.9 Å². The molecule has 0 fully saturated rings. The third-order valence-corrected chi connectivity index (χ3v) is 2.09. The molecule has 0 N–H and O–H groups in total. The first-order valence-corrected chi connectivity index (χ1v) is 3.41. The van der Waals surface area contributed by atoms with Gasteiger partial charge in [0.25, 0.3) is 0 Å². The van der Waals surface area contributed by atoms with Gasteiger partial charge in [-0.15, -0.1) is 0 Å². The number of benzene rings is 1. The maximum Gasteiger partial charge on any atom is 1.00 e. The van der Waals surface area contributed by atoms with Gasteiger partial charge in [0, 0.05) is 5.02 Å². The first-order chi connectivity index (χ1) is 4.63. The first kappa shape index (κ1) is 9.11. The molecule has 48 valence electrons. The fourth-order valence-corrected chi connectivity index (χ4v) is 0.944. The van der Waals surface area contributed by atoms with Crippen molar-refractivity contribution in [3.63, 3.8) is 0 Å². The summed E-state index contributed by atoms with van der Waals surface area (Å²) in [7, 11) is 0. The summed E-state index contributed by atoms with van der Waals surface area (Å²) in [5, 5.41) is 0.526. The predicted molar refractivity (Wildman–Crippen MR) is 42.1 cm³/mol. The Morgan fingerprint density at radius 1 is 1.50 bits per heavy atom. The number of halogens is 2. The van der Waals surface area contributed by atoms with Gasteiger partial charge in [-0.3, -0.25) is 0 Å². The van der Waals surface area contributed by atoms with E-state index in [1.165, 1.54) is 6.07 Å². The molecule has 0 heterocycles. The Bertz CT molecular complexity index is 240. The van der Waals surface area contributed by atoms with Crippen LogP contribution < -0.4 is 29.6 Å². The third-order valence-electron chi connectivity index (χ3n) is 0.854. The summed E-state index contributed by atoms with van der Waals surface area (Å²) >= 11 is 16.0. The quantitative estimate of drug-likeness (QED) is 0.418. The molecule has 0 spiro atoms. The van der Waals surface area contributed by atoms with E-state index in [1.54, 1.807) is 6.07 Å². The summed E-state index contributed by atoms with van der Waals surface area (Å²) in [6.07, 6.45) is 0. The van der Waals surface area contributed by atoms with Crippen molar-refractivity contribution in [2.24, 2.45) is 0 Å². The Morgan fingerprint density at radius 2 is 2.10 bits per heavy atom. The van der Waals surface area contributed by atoms with E-state index in [0.717, 1.165) is 0 Å². The van der Waals surface area contributed by atoms with Crippen LogP contribution in [0.4, 0.5) is 0 Å². The van der Waals surface area contributed by atoms with Crippen LogP contribution in [0.2, 0.25) is 10.0 Å². The van der Waals surface area contributed by atoms with Gasteiger partial charge in [-0.05, 0) is 6.04 Å². The van der Waals surface area contributed by atoms with Crippen LogP contribution in [0.15, 0.2) is 23.1 Å². The second-order valence-corrected chi connectivity index (χ2v) is 2.67. The summed E-state index contributed by atoms with van der Waals surface area (Å²) in [4.78, 5) is 0.489. The van der Waals surface area contributed by atoms with Crippen LogP contribution in [0, 0.1) is 0 Å². The van der Waals surface area contributed by atoms with E-state index in [0.29, 0.717) is 9.92 Å². The molecule has 0 amide bonds. The maximum atomic E-state index is 7.19. The largest absolute Gasteiger partial charge is 1.00 e. The molecule has 0 radical (unpaired) electrons. The molecule has 0 atom stereocenters. The number of hydrogen-bond donors (Lipinski definition) is 0. The van der Waals surface area contributed by atoms with Crippen LogP contribution in [-0.4, -0.2) is 0 Å². The van der Waals surface area contributed by atoms with Gasteiger partial charge in [-0.1, -0.05) is 35.3 Å². The van der Waals surface area contributed by atoms with Gasteiger partial charge in [0.05, 0.1) is 6.39 Å². The van der Waals surface area contributed by atoms with Crippen LogP contribution in [-0.2, 0) is 12.6 Å². The normalized spacial score (nSPS) is 10.0. The maximum absolute atomic E-state index is 7.19. The summed E-state index contributed by atoms with van der Waals surface area (Å²) in [6.45, 7) is 0. The fraction of sp³-hybridized carbons (Fsp3) is 0. The monoisotopic (exact) mass is 201 g/mol. The van der Waals surface area contributed by atoms with Gasteiger partial charge in [0.1, 0.15) is 0 Å². The topological polar surface area (TPSA) is 0 Å². The number of rotatable bonds is 0. The van der Waals surface area contributed by atoms with E-state index in [-0.39, 0.29) is 40.6 Å². The molecule has 0 unspecified atom stereocenters. The van der Waals surface area contributed by atoms with E-state index in [1.807, 2.05) is 0 Å². The zero-order valence-electron chi connectivity index (χ0n) is 6.32. The third kappa shape index (κ3) is 2.57. The molecule has 4 heteroatoms. The van der Waals surface area contributed by atoms with Gasteiger partial charge in [0.2, 0.25) is 0 Å². The summed E-state index contributed by atoms with van der Waals surface area (Å²) in [5.74, 6) is 0. The second-order valence-electron chi connectivity index (χ2n) is 1.47. The van der Waals surface area contributed by atoms with Crippen LogP contribution in [0.5, 0.6) is 0 Å². The minimum absolute atomic E-state index is 0. The zero-order chi connectivity index (χ0) is 7.72. The molecule has 0 saturated carbocycles. The molecule has 0 aliphatic heterocycles. The Balaban J connectivity index is 0.000001000. The van der Waals surface area contributed by atoms with E-state index >= 15 is 0 Å². The van der Waals surface area contributed by atoms with Crippen molar-refractivity contribution in [2.75, 3.05) is 0 Å². The molecule has 0 saturated heterocycles. The Labute approximate surface area is 99.0 Å². The summed E-state index contributed by atoms with van der Waals surface area (Å²) in [5.41, 5.74) is 0. The fourth-order valence-electron chi connectivity index (χ4n) is 0.435. The first-order valence-electron chi connectivity index (χ1n) is 2.74. The summed E-state index contributed by atoms with van der Waals surface area (Å²) in [6, 6.07) is 3.32. The van der Waals surface area contributed by atoms with Crippen molar-refractivity contribution >= 4 is 35.8 Å². The SMILES string of the molecule is [2H]c1ccc([S-])c(Cl)c1Cl.[Na+]. The van der Waals surface area contributed by atoms with E-state index in [9.17, 15) is 0 Å². The smallest absolute Gasteiger partial charge is 0.778 e. The minimum atomic E-state index is 0. The van der Waals surface area contributed by atoms with Gasteiger partial charge in [-0.2, -0.15) is 4.90 Å². The van der Waals surface area contributed by atoms with Crippen LogP contribution in [0.1, 0.15) is 1.37 Å². The second kappa shape index (κ2) is 4.81. The van der Waals surface area contributed by atoms with Gasteiger partial charge < -0.3 is 12.6 Å². The van der Waals surface area contributed by atoms with E-state index in [4.69, 9.17) is 37.2 Å². The molecule has 0 aliphatic carbocycles. The molecular weight excluding hydrogens is 198 g/mol. The van der Waals surface area contributed by atoms with Crippen molar-refractivity contribution in [3.05, 3.63) is 28.2 Å². The number of hydrogen-bond acceptors (Lipinski definition) is 1. The van der Waals surface area contributed by atoms with Crippen LogP contribution >= 0.6 is 23.2 Å². The Morgan fingerprint density at radius 3 is 2.60 bits per heavy atom. The van der Waals surface area contributed by atoms with E-state index < -0.39 is 0 Å². The molecule has 0 aliphatic rings. The van der Waals surface area contributed by atoms with Crippen molar-refractivity contribution in [3.8, 4) is 0 Å². The standard InChI is InChI=1S/C6H4Cl2S.Na/c7-4-2-1-3-5(9)6(4)8;/h1-3,9H;/q;+1/p-1/i2D;. The molecule has 10 heavy (non-hydrogen) atoms. The molecule has 0 bridgehead atoms. The van der Waals surface area contributed by atoms with E-state index in [2.05, 4.69) is 0 Å². The van der Waals surface area contributed by atoms with Gasteiger partial charge in [-0.25, -0.2) is 0 Å². The zero-order valence-corrected chi connectivity index (χ0v) is 9.65. The predicted octanol–water partition coefficient (Wildman–Crippen LogP) is -0.0968. The van der Waals surface area contributed by atoms with Crippen LogP contribution in [0.25, 0.3) is 0 Å². The summed E-state index contributed by atoms with van der Waals surface area (Å²) < 4.78 is 7.19. The molecule has 0 aromatic heterocycles. The molecule has 1 aromatic rings. The Hall–Kier alpha value is 1.02. The Kier molecular flexibility index (Phi) is 4.38. The molecule has 0 nitrogen and oxygen atoms in total. The van der Waals surface area contributed by atoms with Crippen molar-refractivity contribution in [2.45, 2.75) is 4.90 Å². The molecular formula is C6H3Cl2NaS.